The first-order valence-electron chi connectivity index (χ1n) is 8.17. The van der Waals surface area contributed by atoms with Gasteiger partial charge in [0.1, 0.15) is 16.9 Å². The van der Waals surface area contributed by atoms with Gasteiger partial charge in [-0.1, -0.05) is 6.92 Å². The normalized spacial score (nSPS) is 17.5. The molecule has 0 aliphatic heterocycles. The molecule has 1 aromatic carbocycles. The van der Waals surface area contributed by atoms with E-state index in [-0.39, 0.29) is 5.75 Å². The second kappa shape index (κ2) is 5.01. The number of thiophene rings is 1. The minimum Gasteiger partial charge on any atom is -0.508 e. The Labute approximate surface area is 142 Å². The number of rotatable bonds is 1. The summed E-state index contributed by atoms with van der Waals surface area (Å²) in [6, 6.07) is 6.98. The van der Waals surface area contributed by atoms with Crippen molar-refractivity contribution >= 4 is 27.2 Å². The standard InChI is InChI=1S/C18H16N4OS/c1-10-3-2-4-13-14(10)15-17-20-16(11-5-7-12(23)8-6-11)21-22(17)9-19-18(15)24-13/h5-10,23H,2-4H2,1H3/t10-/m1/s1. The number of phenols is 1. The maximum absolute atomic E-state index is 9.46. The summed E-state index contributed by atoms with van der Waals surface area (Å²) in [5.41, 5.74) is 3.19. The molecule has 6 heteroatoms. The lowest BCUT2D eigenvalue weighted by molar-refractivity contribution is 0.475. The molecule has 120 valence electrons. The maximum atomic E-state index is 9.46. The second-order valence-corrected chi connectivity index (χ2v) is 7.49. The van der Waals surface area contributed by atoms with Crippen molar-refractivity contribution in [2.45, 2.75) is 32.1 Å². The summed E-state index contributed by atoms with van der Waals surface area (Å²) in [6.45, 7) is 2.30. The van der Waals surface area contributed by atoms with Crippen molar-refractivity contribution < 1.29 is 5.11 Å². The molecule has 1 aliphatic rings. The van der Waals surface area contributed by atoms with E-state index < -0.39 is 0 Å². The molecular weight excluding hydrogens is 320 g/mol. The lowest BCUT2D eigenvalue weighted by Crippen LogP contribution is -2.04. The highest BCUT2D eigenvalue weighted by Crippen LogP contribution is 2.42. The molecule has 0 unspecified atom stereocenters. The van der Waals surface area contributed by atoms with Crippen LogP contribution in [0.1, 0.15) is 36.1 Å². The fourth-order valence-electron chi connectivity index (χ4n) is 3.62. The van der Waals surface area contributed by atoms with Crippen LogP contribution >= 0.6 is 11.3 Å². The van der Waals surface area contributed by atoms with Crippen LogP contribution in [0.4, 0.5) is 0 Å². The quantitative estimate of drug-likeness (QED) is 0.567. The Morgan fingerprint density at radius 3 is 2.92 bits per heavy atom. The third-order valence-corrected chi connectivity index (χ3v) is 5.98. The summed E-state index contributed by atoms with van der Waals surface area (Å²) in [6.07, 6.45) is 5.37. The third kappa shape index (κ3) is 1.96. The van der Waals surface area contributed by atoms with Crippen LogP contribution in [0.25, 0.3) is 27.3 Å². The Morgan fingerprint density at radius 2 is 2.08 bits per heavy atom. The summed E-state index contributed by atoms with van der Waals surface area (Å²) in [7, 11) is 0. The number of benzene rings is 1. The van der Waals surface area contributed by atoms with E-state index in [1.165, 1.54) is 28.7 Å². The molecule has 5 nitrogen and oxygen atoms in total. The summed E-state index contributed by atoms with van der Waals surface area (Å²) in [4.78, 5) is 11.9. The molecule has 1 N–H and O–H groups in total. The molecule has 1 atom stereocenters. The number of phenolic OH excluding ortho intramolecular Hbond substituents is 1. The van der Waals surface area contributed by atoms with Crippen LogP contribution in [0, 0.1) is 0 Å². The highest BCUT2D eigenvalue weighted by molar-refractivity contribution is 7.19. The zero-order chi connectivity index (χ0) is 16.3. The number of aromatic hydroxyl groups is 1. The minimum atomic E-state index is 0.243. The van der Waals surface area contributed by atoms with Gasteiger partial charge in [0.15, 0.2) is 11.5 Å². The van der Waals surface area contributed by atoms with Gasteiger partial charge in [-0.3, -0.25) is 0 Å². The predicted molar refractivity (Wildman–Crippen MR) is 94.6 cm³/mol. The monoisotopic (exact) mass is 336 g/mol. The van der Waals surface area contributed by atoms with E-state index in [0.29, 0.717) is 11.7 Å². The van der Waals surface area contributed by atoms with Crippen molar-refractivity contribution in [3.8, 4) is 17.1 Å². The van der Waals surface area contributed by atoms with Gasteiger partial charge in [-0.2, -0.15) is 0 Å². The third-order valence-electron chi connectivity index (χ3n) is 4.80. The highest BCUT2D eigenvalue weighted by atomic mass is 32.1. The van der Waals surface area contributed by atoms with Gasteiger partial charge >= 0.3 is 0 Å². The fraction of sp³-hybridized carbons (Fsp3) is 0.278. The number of aromatic nitrogens is 4. The van der Waals surface area contributed by atoms with Gasteiger partial charge in [-0.15, -0.1) is 16.4 Å². The Bertz CT molecular complexity index is 1060. The van der Waals surface area contributed by atoms with Gasteiger partial charge in [0, 0.05) is 10.4 Å². The molecular formula is C18H16N4OS. The molecule has 0 bridgehead atoms. The van der Waals surface area contributed by atoms with E-state index in [9.17, 15) is 5.11 Å². The summed E-state index contributed by atoms with van der Waals surface area (Å²) < 4.78 is 1.78. The van der Waals surface area contributed by atoms with Gasteiger partial charge in [0.05, 0.1) is 5.39 Å². The molecule has 3 heterocycles. The van der Waals surface area contributed by atoms with Crippen LogP contribution in [0.15, 0.2) is 30.6 Å². The topological polar surface area (TPSA) is 63.3 Å². The minimum absolute atomic E-state index is 0.243. The Hall–Kier alpha value is -2.47. The first kappa shape index (κ1) is 13.9. The molecule has 24 heavy (non-hydrogen) atoms. The lowest BCUT2D eigenvalue weighted by Gasteiger charge is -2.18. The molecule has 0 spiro atoms. The van der Waals surface area contributed by atoms with Crippen molar-refractivity contribution in [3.05, 3.63) is 41.0 Å². The van der Waals surface area contributed by atoms with E-state index in [4.69, 9.17) is 4.98 Å². The molecule has 1 aliphatic carbocycles. The largest absolute Gasteiger partial charge is 0.508 e. The number of aryl methyl sites for hydroxylation is 1. The van der Waals surface area contributed by atoms with E-state index in [2.05, 4.69) is 17.0 Å². The second-order valence-electron chi connectivity index (χ2n) is 6.41. The van der Waals surface area contributed by atoms with E-state index in [1.807, 2.05) is 12.1 Å². The van der Waals surface area contributed by atoms with E-state index >= 15 is 0 Å². The SMILES string of the molecule is C[C@@H]1CCCc2sc3ncn4nc(-c5ccc(O)cc5)nc4c3c21. The number of hydrogen-bond donors (Lipinski definition) is 1. The van der Waals surface area contributed by atoms with Crippen LogP contribution in [0.3, 0.4) is 0 Å². The van der Waals surface area contributed by atoms with E-state index in [0.717, 1.165) is 22.5 Å². The zero-order valence-electron chi connectivity index (χ0n) is 13.2. The molecule has 0 saturated heterocycles. The van der Waals surface area contributed by atoms with Gasteiger partial charge in [-0.05, 0) is 55.0 Å². The van der Waals surface area contributed by atoms with Gasteiger partial charge in [0.2, 0.25) is 0 Å². The molecule has 5 rings (SSSR count). The average Bonchev–Trinajstić information content (AvgIpc) is 3.16. The Kier molecular flexibility index (Phi) is 2.91. The van der Waals surface area contributed by atoms with Crippen molar-refractivity contribution in [1.29, 1.82) is 0 Å². The summed E-state index contributed by atoms with van der Waals surface area (Å²) >= 11 is 1.80. The molecule has 0 radical (unpaired) electrons. The van der Waals surface area contributed by atoms with Crippen molar-refractivity contribution in [1.82, 2.24) is 19.6 Å². The molecule has 3 aromatic heterocycles. The average molecular weight is 336 g/mol. The van der Waals surface area contributed by atoms with Gasteiger partial charge < -0.3 is 5.11 Å². The molecule has 0 fully saturated rings. The molecule has 0 saturated carbocycles. The maximum Gasteiger partial charge on any atom is 0.182 e. The lowest BCUT2D eigenvalue weighted by atomic mass is 9.87. The number of nitrogens with zero attached hydrogens (tertiary/aromatic N) is 4. The van der Waals surface area contributed by atoms with Crippen LogP contribution in [-0.2, 0) is 6.42 Å². The highest BCUT2D eigenvalue weighted by Gasteiger charge is 2.25. The van der Waals surface area contributed by atoms with Crippen LogP contribution < -0.4 is 0 Å². The van der Waals surface area contributed by atoms with Crippen LogP contribution in [0.2, 0.25) is 0 Å². The van der Waals surface area contributed by atoms with Crippen molar-refractivity contribution in [3.63, 3.8) is 0 Å². The smallest absolute Gasteiger partial charge is 0.182 e. The molecule has 4 aromatic rings. The van der Waals surface area contributed by atoms with Crippen molar-refractivity contribution in [2.24, 2.45) is 0 Å². The van der Waals surface area contributed by atoms with Crippen LogP contribution in [0.5, 0.6) is 5.75 Å². The summed E-state index contributed by atoms with van der Waals surface area (Å²) in [5, 5.41) is 15.2. The number of hydrogen-bond acceptors (Lipinski definition) is 5. The first-order chi connectivity index (χ1) is 11.7. The fourth-order valence-corrected chi connectivity index (χ4v) is 4.91. The predicted octanol–water partition coefficient (Wildman–Crippen LogP) is 4.15. The Balaban J connectivity index is 1.78. The zero-order valence-corrected chi connectivity index (χ0v) is 14.0. The molecule has 0 amide bonds. The Morgan fingerprint density at radius 1 is 1.25 bits per heavy atom. The number of fused-ring (bicyclic) bond motifs is 5. The van der Waals surface area contributed by atoms with Gasteiger partial charge in [-0.25, -0.2) is 14.5 Å². The van der Waals surface area contributed by atoms with Gasteiger partial charge in [0.25, 0.3) is 0 Å². The van der Waals surface area contributed by atoms with Crippen LogP contribution in [-0.4, -0.2) is 24.7 Å². The summed E-state index contributed by atoms with van der Waals surface area (Å²) in [5.74, 6) is 1.45. The first-order valence-corrected chi connectivity index (χ1v) is 8.98. The van der Waals surface area contributed by atoms with Crippen molar-refractivity contribution in [2.75, 3.05) is 0 Å². The van der Waals surface area contributed by atoms with E-state index in [1.54, 1.807) is 34.3 Å².